The van der Waals surface area contributed by atoms with Gasteiger partial charge in [0.1, 0.15) is 0 Å². The lowest BCUT2D eigenvalue weighted by Gasteiger charge is -2.19. The van der Waals surface area contributed by atoms with Crippen molar-refractivity contribution in [3.63, 3.8) is 0 Å². The average Bonchev–Trinajstić information content (AvgIpc) is 2.36. The molecule has 1 nitrogen and oxygen atoms in total. The minimum absolute atomic E-state index is 0.345. The fourth-order valence-corrected chi connectivity index (χ4v) is 3.04. The third kappa shape index (κ3) is 3.68. The predicted molar refractivity (Wildman–Crippen MR) is 85.6 cm³/mol. The maximum atomic E-state index is 3.58. The number of benzene rings is 2. The third-order valence-electron chi connectivity index (χ3n) is 3.50. The summed E-state index contributed by atoms with van der Waals surface area (Å²) in [6, 6.07) is 15.5. The number of hydrogen-bond acceptors (Lipinski definition) is 1. The fourth-order valence-electron chi connectivity index (χ4n) is 2.41. The second kappa shape index (κ2) is 6.36. The quantitative estimate of drug-likeness (QED) is 0.871. The molecule has 0 saturated heterocycles. The van der Waals surface area contributed by atoms with Crippen LogP contribution < -0.4 is 5.32 Å². The van der Waals surface area contributed by atoms with Crippen LogP contribution in [0.25, 0.3) is 0 Å². The van der Waals surface area contributed by atoms with Crippen LogP contribution in [0.4, 0.5) is 0 Å². The molecular weight excluding hydrogens is 298 g/mol. The Labute approximate surface area is 124 Å². The van der Waals surface area contributed by atoms with Crippen molar-refractivity contribution in [3.8, 4) is 0 Å². The number of likely N-dealkylation sites (N-methyl/N-ethyl adjacent to an activating group) is 1. The van der Waals surface area contributed by atoms with Crippen molar-refractivity contribution in [1.29, 1.82) is 0 Å². The molecule has 0 fully saturated rings. The molecule has 2 rings (SSSR count). The highest BCUT2D eigenvalue weighted by Crippen LogP contribution is 2.24. The summed E-state index contributed by atoms with van der Waals surface area (Å²) in [6.45, 7) is 4.31. The Hall–Kier alpha value is -1.12. The summed E-state index contributed by atoms with van der Waals surface area (Å²) >= 11 is 3.58. The Morgan fingerprint density at radius 2 is 1.84 bits per heavy atom. The minimum Gasteiger partial charge on any atom is -0.313 e. The van der Waals surface area contributed by atoms with Gasteiger partial charge in [-0.25, -0.2) is 0 Å². The Morgan fingerprint density at radius 3 is 2.47 bits per heavy atom. The van der Waals surface area contributed by atoms with E-state index in [1.54, 1.807) is 0 Å². The van der Waals surface area contributed by atoms with Crippen LogP contribution in [0.1, 0.15) is 28.3 Å². The van der Waals surface area contributed by atoms with Crippen molar-refractivity contribution < 1.29 is 0 Å². The van der Waals surface area contributed by atoms with Crippen LogP contribution in [0, 0.1) is 13.8 Å². The van der Waals surface area contributed by atoms with Gasteiger partial charge in [0.2, 0.25) is 0 Å². The van der Waals surface area contributed by atoms with Crippen molar-refractivity contribution in [2.75, 3.05) is 7.05 Å². The summed E-state index contributed by atoms with van der Waals surface area (Å²) in [5, 5.41) is 3.43. The SMILES string of the molecule is CNC(Cc1ccccc1C)c1cc(C)cc(Br)c1. The van der Waals surface area contributed by atoms with E-state index >= 15 is 0 Å². The zero-order valence-electron chi connectivity index (χ0n) is 11.7. The van der Waals surface area contributed by atoms with Gasteiger partial charge in [0.25, 0.3) is 0 Å². The average molecular weight is 318 g/mol. The second-order valence-electron chi connectivity index (χ2n) is 5.03. The van der Waals surface area contributed by atoms with Gasteiger partial charge in [0, 0.05) is 10.5 Å². The van der Waals surface area contributed by atoms with Crippen molar-refractivity contribution in [2.45, 2.75) is 26.3 Å². The second-order valence-corrected chi connectivity index (χ2v) is 5.95. The number of nitrogens with one attached hydrogen (secondary N) is 1. The summed E-state index contributed by atoms with van der Waals surface area (Å²) in [7, 11) is 2.03. The standard InChI is InChI=1S/C17H20BrN/c1-12-8-15(10-16(18)9-12)17(19-3)11-14-7-5-4-6-13(14)2/h4-10,17,19H,11H2,1-3H3. The molecule has 0 aliphatic heterocycles. The van der Waals surface area contributed by atoms with Crippen molar-refractivity contribution >= 4 is 15.9 Å². The van der Waals surface area contributed by atoms with E-state index in [0.29, 0.717) is 6.04 Å². The molecule has 0 spiro atoms. The summed E-state index contributed by atoms with van der Waals surface area (Å²) in [5.41, 5.74) is 5.38. The largest absolute Gasteiger partial charge is 0.313 e. The molecule has 2 heteroatoms. The number of rotatable bonds is 4. The molecule has 0 aromatic heterocycles. The first-order valence-electron chi connectivity index (χ1n) is 6.59. The topological polar surface area (TPSA) is 12.0 Å². The van der Waals surface area contributed by atoms with E-state index in [2.05, 4.69) is 77.6 Å². The highest BCUT2D eigenvalue weighted by Gasteiger charge is 2.12. The van der Waals surface area contributed by atoms with Crippen molar-refractivity contribution in [1.82, 2.24) is 5.32 Å². The molecule has 0 saturated carbocycles. The zero-order valence-corrected chi connectivity index (χ0v) is 13.3. The molecule has 100 valence electrons. The highest BCUT2D eigenvalue weighted by atomic mass is 79.9. The smallest absolute Gasteiger partial charge is 0.0358 e. The van der Waals surface area contributed by atoms with Crippen molar-refractivity contribution in [2.24, 2.45) is 0 Å². The van der Waals surface area contributed by atoms with Gasteiger partial charge < -0.3 is 5.32 Å². The summed E-state index contributed by atoms with van der Waals surface area (Å²) in [5.74, 6) is 0. The Balaban J connectivity index is 2.28. The minimum atomic E-state index is 0.345. The monoisotopic (exact) mass is 317 g/mol. The Kier molecular flexibility index (Phi) is 4.78. The number of hydrogen-bond donors (Lipinski definition) is 1. The van der Waals surface area contributed by atoms with E-state index < -0.39 is 0 Å². The van der Waals surface area contributed by atoms with Gasteiger partial charge in [0.15, 0.2) is 0 Å². The Morgan fingerprint density at radius 1 is 1.11 bits per heavy atom. The zero-order chi connectivity index (χ0) is 13.8. The number of aryl methyl sites for hydroxylation is 2. The van der Waals surface area contributed by atoms with Gasteiger partial charge in [0.05, 0.1) is 0 Å². The molecule has 2 aromatic carbocycles. The predicted octanol–water partition coefficient (Wildman–Crippen LogP) is 4.57. The lowest BCUT2D eigenvalue weighted by atomic mass is 9.95. The Bertz CT molecular complexity index is 543. The van der Waals surface area contributed by atoms with Crippen LogP contribution in [0.2, 0.25) is 0 Å². The number of halogens is 1. The first kappa shape index (κ1) is 14.3. The van der Waals surface area contributed by atoms with Gasteiger partial charge in [-0.05, 0) is 61.7 Å². The molecule has 0 aliphatic rings. The molecule has 2 aromatic rings. The molecule has 1 N–H and O–H groups in total. The summed E-state index contributed by atoms with van der Waals surface area (Å²) in [4.78, 5) is 0. The molecule has 1 unspecified atom stereocenters. The fraction of sp³-hybridized carbons (Fsp3) is 0.294. The van der Waals surface area contributed by atoms with Crippen molar-refractivity contribution in [3.05, 3.63) is 69.2 Å². The summed E-state index contributed by atoms with van der Waals surface area (Å²) in [6.07, 6.45) is 1.01. The molecule has 1 atom stereocenters. The molecule has 0 bridgehead atoms. The maximum Gasteiger partial charge on any atom is 0.0358 e. The normalized spacial score (nSPS) is 12.4. The molecular formula is C17H20BrN. The van der Waals surface area contributed by atoms with E-state index in [1.807, 2.05) is 7.05 Å². The third-order valence-corrected chi connectivity index (χ3v) is 3.96. The van der Waals surface area contributed by atoms with E-state index in [0.717, 1.165) is 10.9 Å². The van der Waals surface area contributed by atoms with Gasteiger partial charge in [-0.2, -0.15) is 0 Å². The lowest BCUT2D eigenvalue weighted by Crippen LogP contribution is -2.19. The van der Waals surface area contributed by atoms with Gasteiger partial charge >= 0.3 is 0 Å². The van der Waals surface area contributed by atoms with Gasteiger partial charge in [-0.1, -0.05) is 46.3 Å². The van der Waals surface area contributed by atoms with Crippen LogP contribution >= 0.6 is 15.9 Å². The van der Waals surface area contributed by atoms with Crippen LogP contribution in [0.3, 0.4) is 0 Å². The molecule has 19 heavy (non-hydrogen) atoms. The van der Waals surface area contributed by atoms with Crippen LogP contribution in [-0.2, 0) is 6.42 Å². The van der Waals surface area contributed by atoms with E-state index in [9.17, 15) is 0 Å². The van der Waals surface area contributed by atoms with E-state index in [4.69, 9.17) is 0 Å². The first-order chi connectivity index (χ1) is 9.10. The van der Waals surface area contributed by atoms with Gasteiger partial charge in [-0.3, -0.25) is 0 Å². The summed E-state index contributed by atoms with van der Waals surface area (Å²) < 4.78 is 1.15. The molecule has 0 radical (unpaired) electrons. The van der Waals surface area contributed by atoms with Crippen LogP contribution in [-0.4, -0.2) is 7.05 Å². The highest BCUT2D eigenvalue weighted by molar-refractivity contribution is 9.10. The molecule has 0 aliphatic carbocycles. The van der Waals surface area contributed by atoms with Crippen LogP contribution in [0.15, 0.2) is 46.9 Å². The first-order valence-corrected chi connectivity index (χ1v) is 7.38. The van der Waals surface area contributed by atoms with E-state index in [-0.39, 0.29) is 0 Å². The van der Waals surface area contributed by atoms with Gasteiger partial charge in [-0.15, -0.1) is 0 Å². The molecule has 0 heterocycles. The molecule has 0 amide bonds. The maximum absolute atomic E-state index is 3.58. The van der Waals surface area contributed by atoms with Crippen LogP contribution in [0.5, 0.6) is 0 Å². The van der Waals surface area contributed by atoms with E-state index in [1.165, 1.54) is 22.3 Å². The lowest BCUT2D eigenvalue weighted by molar-refractivity contribution is 0.590.